The highest BCUT2D eigenvalue weighted by atomic mass is 19.1. The first-order chi connectivity index (χ1) is 13.8. The molecule has 1 saturated heterocycles. The maximum absolute atomic E-state index is 15.3. The van der Waals surface area contributed by atoms with Crippen molar-refractivity contribution >= 4 is 22.6 Å². The molecule has 1 aromatic heterocycles. The van der Waals surface area contributed by atoms with E-state index in [0.717, 1.165) is 25.1 Å². The third kappa shape index (κ3) is 2.78. The number of fused-ring (bicyclic) bond motifs is 1. The molecule has 2 atom stereocenters. The predicted molar refractivity (Wildman–Crippen MR) is 102 cm³/mol. The van der Waals surface area contributed by atoms with Gasteiger partial charge in [-0.2, -0.15) is 0 Å². The molecule has 2 heterocycles. The molecule has 2 aromatic rings. The van der Waals surface area contributed by atoms with Crippen LogP contribution in [0.4, 0.5) is 14.5 Å². The molecule has 9 heteroatoms. The Hall–Kier alpha value is -2.68. The topological polar surface area (TPSA) is 83.8 Å². The number of alkyl halides is 1. The number of hydrogen-bond acceptors (Lipinski definition) is 5. The summed E-state index contributed by atoms with van der Waals surface area (Å²) in [5.41, 5.74) is -0.849. The molecule has 1 aromatic carbocycles. The number of methoxy groups -OCH3 is 1. The third-order valence-corrected chi connectivity index (χ3v) is 6.22. The van der Waals surface area contributed by atoms with Gasteiger partial charge < -0.3 is 24.6 Å². The lowest BCUT2D eigenvalue weighted by atomic mass is 10.1. The van der Waals surface area contributed by atoms with E-state index < -0.39 is 35.0 Å². The Morgan fingerprint density at radius 2 is 2.14 bits per heavy atom. The first-order valence-corrected chi connectivity index (χ1v) is 9.68. The zero-order valence-electron chi connectivity index (χ0n) is 15.9. The number of aromatic carboxylic acids is 1. The molecule has 3 fully saturated rings. The molecule has 0 amide bonds. The summed E-state index contributed by atoms with van der Waals surface area (Å²) < 4.78 is 36.2. The Morgan fingerprint density at radius 1 is 1.41 bits per heavy atom. The van der Waals surface area contributed by atoms with Crippen LogP contribution in [0.15, 0.2) is 17.1 Å². The largest absolute Gasteiger partial charge is 0.492 e. The number of pyridine rings is 1. The molecule has 3 aliphatic rings. The quantitative estimate of drug-likeness (QED) is 0.810. The van der Waals surface area contributed by atoms with Gasteiger partial charge >= 0.3 is 5.97 Å². The van der Waals surface area contributed by atoms with Gasteiger partial charge in [0.25, 0.3) is 0 Å². The van der Waals surface area contributed by atoms with Gasteiger partial charge in [0.05, 0.1) is 24.1 Å². The number of halogens is 2. The number of carbonyl (C=O) groups is 1. The van der Waals surface area contributed by atoms with Gasteiger partial charge in [-0.05, 0) is 18.9 Å². The van der Waals surface area contributed by atoms with Crippen LogP contribution in [0.1, 0.15) is 35.7 Å². The maximum Gasteiger partial charge on any atom is 0.341 e. The maximum atomic E-state index is 15.3. The molecule has 5 rings (SSSR count). The van der Waals surface area contributed by atoms with Gasteiger partial charge in [-0.1, -0.05) is 0 Å². The summed E-state index contributed by atoms with van der Waals surface area (Å²) in [6.45, 7) is 1.87. The standard InChI is InChI=1S/C20H21F2N3O4/c1-29-18-15-10(17(26)11(19(27)28)8-25(15)14-7-12(14)21)6-13(22)16(18)24-5-4-23-20(9-24)2-3-20/h6,8,12,14,23H,2-5,7,9H2,1H3,(H,27,28). The fraction of sp³-hybridized carbons (Fsp3) is 0.500. The summed E-state index contributed by atoms with van der Waals surface area (Å²) >= 11 is 0. The van der Waals surface area contributed by atoms with E-state index in [1.54, 1.807) is 0 Å². The Morgan fingerprint density at radius 3 is 2.72 bits per heavy atom. The monoisotopic (exact) mass is 405 g/mol. The van der Waals surface area contributed by atoms with Crippen molar-refractivity contribution in [3.05, 3.63) is 33.9 Å². The molecular formula is C20H21F2N3O4. The molecule has 1 aliphatic heterocycles. The van der Waals surface area contributed by atoms with E-state index in [1.165, 1.54) is 11.7 Å². The first kappa shape index (κ1) is 18.4. The van der Waals surface area contributed by atoms with Gasteiger partial charge in [-0.3, -0.25) is 4.79 Å². The van der Waals surface area contributed by atoms with E-state index in [-0.39, 0.29) is 34.3 Å². The molecule has 7 nitrogen and oxygen atoms in total. The SMILES string of the molecule is COc1c(N2CCNC3(CC3)C2)c(F)cc2c(=O)c(C(=O)O)cn(C3CC3F)c12. The Labute approximate surface area is 164 Å². The number of carboxylic acid groups (broad SMARTS) is 1. The molecule has 0 bridgehead atoms. The van der Waals surface area contributed by atoms with Crippen LogP contribution < -0.4 is 20.4 Å². The number of piperazine rings is 1. The second kappa shape index (κ2) is 6.16. The highest BCUT2D eigenvalue weighted by molar-refractivity contribution is 5.97. The van der Waals surface area contributed by atoms with Gasteiger partial charge in [-0.15, -0.1) is 0 Å². The summed E-state index contributed by atoms with van der Waals surface area (Å²) in [7, 11) is 1.38. The number of aromatic nitrogens is 1. The predicted octanol–water partition coefficient (Wildman–Crippen LogP) is 2.07. The molecular weight excluding hydrogens is 384 g/mol. The van der Waals surface area contributed by atoms with Crippen LogP contribution in [0.5, 0.6) is 5.75 Å². The fourth-order valence-corrected chi connectivity index (χ4v) is 4.42. The third-order valence-electron chi connectivity index (χ3n) is 6.22. The smallest absolute Gasteiger partial charge is 0.341 e. The summed E-state index contributed by atoms with van der Waals surface area (Å²) in [5.74, 6) is -1.93. The summed E-state index contributed by atoms with van der Waals surface area (Å²) in [5, 5.41) is 12.7. The molecule has 29 heavy (non-hydrogen) atoms. The van der Waals surface area contributed by atoms with Crippen molar-refractivity contribution in [1.82, 2.24) is 9.88 Å². The molecule has 2 unspecified atom stereocenters. The zero-order chi connectivity index (χ0) is 20.5. The first-order valence-electron chi connectivity index (χ1n) is 9.68. The van der Waals surface area contributed by atoms with Crippen LogP contribution >= 0.6 is 0 Å². The average molecular weight is 405 g/mol. The van der Waals surface area contributed by atoms with Gasteiger partial charge in [0, 0.05) is 37.8 Å². The van der Waals surface area contributed by atoms with Crippen LogP contribution in [-0.4, -0.2) is 54.1 Å². The van der Waals surface area contributed by atoms with E-state index in [4.69, 9.17) is 4.74 Å². The number of carboxylic acids is 1. The minimum absolute atomic E-state index is 0.0159. The van der Waals surface area contributed by atoms with Crippen LogP contribution in [0.3, 0.4) is 0 Å². The highest BCUT2D eigenvalue weighted by Gasteiger charge is 2.47. The summed E-state index contributed by atoms with van der Waals surface area (Å²) in [6, 6.07) is 0.469. The molecule has 2 aliphatic carbocycles. The van der Waals surface area contributed by atoms with Crippen molar-refractivity contribution in [3.8, 4) is 5.75 Å². The lowest BCUT2D eigenvalue weighted by molar-refractivity contribution is 0.0694. The Kier molecular flexibility index (Phi) is 3.90. The normalized spacial score (nSPS) is 24.7. The summed E-state index contributed by atoms with van der Waals surface area (Å²) in [6.07, 6.45) is 2.25. The van der Waals surface area contributed by atoms with Gasteiger partial charge in [0.1, 0.15) is 17.4 Å². The number of benzene rings is 1. The van der Waals surface area contributed by atoms with Crippen LogP contribution in [-0.2, 0) is 0 Å². The number of ether oxygens (including phenoxy) is 1. The number of nitrogens with one attached hydrogen (secondary N) is 1. The molecule has 1 spiro atoms. The second-order valence-corrected chi connectivity index (χ2v) is 8.17. The fourth-order valence-electron chi connectivity index (χ4n) is 4.42. The number of rotatable bonds is 4. The van der Waals surface area contributed by atoms with E-state index in [1.807, 2.05) is 4.90 Å². The summed E-state index contributed by atoms with van der Waals surface area (Å²) in [4.78, 5) is 26.2. The molecule has 2 N–H and O–H groups in total. The van der Waals surface area contributed by atoms with Crippen molar-refractivity contribution in [1.29, 1.82) is 0 Å². The van der Waals surface area contributed by atoms with E-state index in [9.17, 15) is 19.1 Å². The minimum atomic E-state index is -1.43. The van der Waals surface area contributed by atoms with E-state index in [0.29, 0.717) is 19.6 Å². The van der Waals surface area contributed by atoms with Crippen molar-refractivity contribution in [2.45, 2.75) is 37.0 Å². The van der Waals surface area contributed by atoms with Gasteiger partial charge in [0.2, 0.25) is 5.43 Å². The lowest BCUT2D eigenvalue weighted by Gasteiger charge is -2.36. The second-order valence-electron chi connectivity index (χ2n) is 8.17. The molecule has 154 valence electrons. The van der Waals surface area contributed by atoms with E-state index >= 15 is 4.39 Å². The minimum Gasteiger partial charge on any atom is -0.492 e. The highest BCUT2D eigenvalue weighted by Crippen LogP contribution is 2.47. The Bertz CT molecular complexity index is 1100. The van der Waals surface area contributed by atoms with Gasteiger partial charge in [-0.25, -0.2) is 13.6 Å². The van der Waals surface area contributed by atoms with Crippen molar-refractivity contribution < 1.29 is 23.4 Å². The lowest BCUT2D eigenvalue weighted by Crippen LogP contribution is -2.52. The molecule has 0 radical (unpaired) electrons. The number of nitrogens with zero attached hydrogens (tertiary/aromatic N) is 2. The zero-order valence-corrected chi connectivity index (χ0v) is 15.9. The van der Waals surface area contributed by atoms with Crippen molar-refractivity contribution in [3.63, 3.8) is 0 Å². The average Bonchev–Trinajstić information content (AvgIpc) is 3.60. The van der Waals surface area contributed by atoms with Crippen LogP contribution in [0.25, 0.3) is 10.9 Å². The van der Waals surface area contributed by atoms with Crippen molar-refractivity contribution in [2.75, 3.05) is 31.6 Å². The number of anilines is 1. The van der Waals surface area contributed by atoms with Crippen molar-refractivity contribution in [2.24, 2.45) is 0 Å². The van der Waals surface area contributed by atoms with Crippen LogP contribution in [0.2, 0.25) is 0 Å². The Balaban J connectivity index is 1.78. The van der Waals surface area contributed by atoms with Crippen LogP contribution in [0, 0.1) is 5.82 Å². The van der Waals surface area contributed by atoms with E-state index in [2.05, 4.69) is 5.32 Å². The van der Waals surface area contributed by atoms with Gasteiger partial charge in [0.15, 0.2) is 11.6 Å². The number of hydrogen-bond donors (Lipinski definition) is 2. The molecule has 2 saturated carbocycles.